The van der Waals surface area contributed by atoms with Crippen LogP contribution in [-0.2, 0) is 80.0 Å². The van der Waals surface area contributed by atoms with Crippen molar-refractivity contribution in [2.75, 3.05) is 48.1 Å². The van der Waals surface area contributed by atoms with Crippen molar-refractivity contribution in [3.8, 4) is 0 Å². The molecule has 0 aliphatic heterocycles. The highest BCUT2D eigenvalue weighted by Crippen LogP contribution is 2.07. The van der Waals surface area contributed by atoms with Crippen LogP contribution in [0.4, 0.5) is 0 Å². The Morgan fingerprint density at radius 3 is 1.62 bits per heavy atom. The highest BCUT2D eigenvalue weighted by atomic mass is 16.5. The fourth-order valence-electron chi connectivity index (χ4n) is 5.92. The Morgan fingerprint density at radius 2 is 1.08 bits per heavy atom. The topological polar surface area (TPSA) is 415 Å². The minimum atomic E-state index is -1.76. The Morgan fingerprint density at radius 1 is 0.561 bits per heavy atom. The number of nitrogens with one attached hydrogen (secondary N) is 6. The maximum atomic E-state index is 13.5. The second-order valence-corrected chi connectivity index (χ2v) is 14.9. The number of esters is 4. The molecule has 0 aliphatic carbocycles. The van der Waals surface area contributed by atoms with Gasteiger partial charge in [0.2, 0.25) is 35.4 Å². The van der Waals surface area contributed by atoms with E-state index in [1.165, 1.54) is 6.20 Å². The van der Waals surface area contributed by atoms with E-state index in [0.29, 0.717) is 51.6 Å². The lowest BCUT2D eigenvalue weighted by atomic mass is 10.1. The Hall–Kier alpha value is -6.32. The molecule has 0 aromatic carbocycles. The number of nitrogens with zero attached hydrogens (tertiary/aromatic N) is 3. The van der Waals surface area contributed by atoms with Crippen molar-refractivity contribution in [3.05, 3.63) is 11.9 Å². The monoisotopic (exact) mass is 941 g/mol. The molecule has 1 heterocycles. The van der Waals surface area contributed by atoms with Gasteiger partial charge in [0.1, 0.15) is 36.4 Å². The third-order valence-electron chi connectivity index (χ3n) is 9.66. The Bertz CT molecular complexity index is 1760. The summed E-state index contributed by atoms with van der Waals surface area (Å²) in [6.45, 7) is 0.415. The van der Waals surface area contributed by atoms with E-state index in [2.05, 4.69) is 61.2 Å². The molecule has 1 rings (SSSR count). The average Bonchev–Trinajstić information content (AvgIpc) is 3.75. The van der Waals surface area contributed by atoms with Gasteiger partial charge in [-0.25, -0.2) is 14.3 Å². The molecule has 0 spiro atoms. The summed E-state index contributed by atoms with van der Waals surface area (Å²) in [7, 11) is 4.09. The maximum Gasteiger partial charge on any atom is 0.328 e. The van der Waals surface area contributed by atoms with Crippen LogP contribution in [0.1, 0.15) is 82.7 Å². The van der Waals surface area contributed by atoms with Gasteiger partial charge in [-0.05, 0) is 58.0 Å². The van der Waals surface area contributed by atoms with Gasteiger partial charge in [0, 0.05) is 6.54 Å². The van der Waals surface area contributed by atoms with Gasteiger partial charge in [-0.15, -0.1) is 5.10 Å². The molecule has 1 aromatic rings. The molecule has 27 nitrogen and oxygen atoms in total. The van der Waals surface area contributed by atoms with Crippen LogP contribution in [0, 0.1) is 0 Å². The van der Waals surface area contributed by atoms with E-state index < -0.39 is 115 Å². The number of carbonyl (C=O) groups is 10. The number of unbranched alkanes of at least 4 members (excludes halogenated alkanes) is 3. The van der Waals surface area contributed by atoms with Crippen LogP contribution < -0.4 is 54.8 Å². The summed E-state index contributed by atoms with van der Waals surface area (Å²) >= 11 is 0. The second kappa shape index (κ2) is 32.4. The molecular formula is C39H67N13O14. The molecule has 1 aromatic heterocycles. The van der Waals surface area contributed by atoms with Crippen LogP contribution in [0.2, 0.25) is 0 Å². The first kappa shape index (κ1) is 57.7. The van der Waals surface area contributed by atoms with Crippen molar-refractivity contribution in [2.24, 2.45) is 22.9 Å². The highest BCUT2D eigenvalue weighted by Gasteiger charge is 2.33. The van der Waals surface area contributed by atoms with Crippen LogP contribution in [0.15, 0.2) is 6.20 Å². The lowest BCUT2D eigenvalue weighted by Crippen LogP contribution is -2.55. The van der Waals surface area contributed by atoms with Crippen molar-refractivity contribution in [2.45, 2.75) is 126 Å². The fraction of sp³-hybridized carbons (Fsp3) is 0.692. The van der Waals surface area contributed by atoms with Gasteiger partial charge in [-0.1, -0.05) is 18.1 Å². The van der Waals surface area contributed by atoms with Crippen LogP contribution in [0.5, 0.6) is 0 Å². The predicted octanol–water partition coefficient (Wildman–Crippen LogP) is -5.11. The van der Waals surface area contributed by atoms with Crippen LogP contribution in [0.3, 0.4) is 0 Å². The average molecular weight is 942 g/mol. The van der Waals surface area contributed by atoms with E-state index >= 15 is 0 Å². The molecule has 0 saturated heterocycles. The van der Waals surface area contributed by atoms with Crippen LogP contribution in [-0.4, -0.2) is 159 Å². The smallest absolute Gasteiger partial charge is 0.328 e. The molecule has 27 heteroatoms. The van der Waals surface area contributed by atoms with Crippen molar-refractivity contribution >= 4 is 59.3 Å². The van der Waals surface area contributed by atoms with E-state index in [4.69, 9.17) is 22.9 Å². The summed E-state index contributed by atoms with van der Waals surface area (Å²) < 4.78 is 19.4. The molecular weight excluding hydrogens is 875 g/mol. The summed E-state index contributed by atoms with van der Waals surface area (Å²) in [5, 5.41) is 22.7. The van der Waals surface area contributed by atoms with Crippen molar-refractivity contribution in [3.63, 3.8) is 0 Å². The van der Waals surface area contributed by atoms with Crippen molar-refractivity contribution in [1.82, 2.24) is 46.9 Å². The molecule has 0 fully saturated rings. The largest absolute Gasteiger partial charge is 0.469 e. The summed E-state index contributed by atoms with van der Waals surface area (Å²) in [6, 6.07) is -7.50. The van der Waals surface area contributed by atoms with Gasteiger partial charge in [-0.2, -0.15) is 0 Å². The molecule has 14 N–H and O–H groups in total. The number of carbonyl (C=O) groups excluding carboxylic acids is 10. The van der Waals surface area contributed by atoms with E-state index in [-0.39, 0.29) is 31.1 Å². The third-order valence-corrected chi connectivity index (χ3v) is 9.66. The van der Waals surface area contributed by atoms with Gasteiger partial charge in [0.05, 0.1) is 72.5 Å². The van der Waals surface area contributed by atoms with Crippen molar-refractivity contribution in [1.29, 1.82) is 0 Å². The quantitative estimate of drug-likeness (QED) is 0.0179. The molecule has 0 radical (unpaired) electrons. The van der Waals surface area contributed by atoms with E-state index in [1.807, 2.05) is 0 Å². The van der Waals surface area contributed by atoms with Crippen LogP contribution in [0.25, 0.3) is 0 Å². The third kappa shape index (κ3) is 23.0. The summed E-state index contributed by atoms with van der Waals surface area (Å²) in [6.07, 6.45) is 3.78. The van der Waals surface area contributed by atoms with E-state index in [0.717, 1.165) is 46.0 Å². The maximum absolute atomic E-state index is 13.5. The fourth-order valence-corrected chi connectivity index (χ4v) is 5.92. The van der Waals surface area contributed by atoms with E-state index in [1.54, 1.807) is 0 Å². The molecule has 0 saturated carbocycles. The minimum Gasteiger partial charge on any atom is -0.469 e. The molecule has 372 valence electrons. The number of methoxy groups -OCH3 is 4. The Kier molecular flexibility index (Phi) is 28.3. The number of hydrogen-bond acceptors (Lipinski definition) is 20. The van der Waals surface area contributed by atoms with Gasteiger partial charge >= 0.3 is 23.9 Å². The standard InChI is InChI=1S/C39H67N13O14/c1-63-32(55)18-28(38(61)65-3)47-30(53)17-27(37(60)49-29(39(62)66-4)19-33(56)64-2)46-31(54)22-52-21-23(50-51-52)20-45-36(59)26(48-35(58)25(43)12-6-9-15-41)13-7-10-16-44-34(57)24(42)11-5-8-14-40/h21,24-29H,5-20,22,40-43H2,1-4H3,(H,44,57)(H,45,59)(H,46,54)(H,47,53)(H,48,58)(H,49,60)/t24-,25-,26-,27-,28-,29-/m0/s1. The zero-order valence-corrected chi connectivity index (χ0v) is 37.9. The minimum absolute atomic E-state index is 0.169. The highest BCUT2D eigenvalue weighted by molar-refractivity contribution is 5.96. The number of rotatable bonds is 33. The van der Waals surface area contributed by atoms with Crippen LogP contribution >= 0.6 is 0 Å². The Balaban J connectivity index is 3.11. The SMILES string of the molecule is COC(=O)C[C@H](NC(=O)C[C@H](NC(=O)Cn1cc(CNC(=O)[C@H](CCCCNC(=O)[C@@H](N)CCCCN)NC(=O)[C@@H](N)CCCCN)nn1)C(=O)N[C@@H](CC(=O)OC)C(=O)OC)C(=O)OC. The zero-order valence-electron chi connectivity index (χ0n) is 37.9. The van der Waals surface area contributed by atoms with Gasteiger partial charge in [0.25, 0.3) is 0 Å². The first-order valence-corrected chi connectivity index (χ1v) is 21.3. The van der Waals surface area contributed by atoms with Gasteiger partial charge in [-0.3, -0.25) is 38.4 Å². The lowest BCUT2D eigenvalue weighted by molar-refractivity contribution is -0.151. The zero-order chi connectivity index (χ0) is 49.6. The first-order chi connectivity index (χ1) is 31.4. The predicted molar refractivity (Wildman–Crippen MR) is 230 cm³/mol. The molecule has 0 unspecified atom stereocenters. The van der Waals surface area contributed by atoms with Gasteiger partial charge in [0.15, 0.2) is 0 Å². The summed E-state index contributed by atoms with van der Waals surface area (Å²) in [4.78, 5) is 127. The molecule has 66 heavy (non-hydrogen) atoms. The molecule has 6 amide bonds. The number of aromatic nitrogens is 3. The molecule has 0 aliphatic rings. The number of nitrogens with two attached hydrogens (primary N) is 4. The number of amides is 6. The van der Waals surface area contributed by atoms with E-state index in [9.17, 15) is 47.9 Å². The molecule has 0 bridgehead atoms. The second-order valence-electron chi connectivity index (χ2n) is 14.9. The van der Waals surface area contributed by atoms with Gasteiger partial charge < -0.3 is 73.8 Å². The Labute approximate surface area is 381 Å². The molecule has 6 atom stereocenters. The summed E-state index contributed by atoms with van der Waals surface area (Å²) in [5.41, 5.74) is 23.2. The summed E-state index contributed by atoms with van der Waals surface area (Å²) in [5.74, 6) is -8.37. The number of ether oxygens (including phenoxy) is 4. The van der Waals surface area contributed by atoms with Crippen molar-refractivity contribution < 1.29 is 66.9 Å². The number of hydrogen-bond donors (Lipinski definition) is 10. The lowest BCUT2D eigenvalue weighted by Gasteiger charge is -2.22. The normalized spacial score (nSPS) is 13.5. The first-order valence-electron chi connectivity index (χ1n) is 21.3.